The number of amides is 2. The fraction of sp³-hybridized carbons (Fsp3) is 0.429. The average molecular weight is 521 g/mol. The van der Waals surface area contributed by atoms with Crippen LogP contribution in [-0.2, 0) is 11.8 Å². The third-order valence-corrected chi connectivity index (χ3v) is 7.60. The first-order valence-electron chi connectivity index (χ1n) is 13.1. The van der Waals surface area contributed by atoms with E-state index in [4.69, 9.17) is 0 Å². The summed E-state index contributed by atoms with van der Waals surface area (Å²) in [6.45, 7) is 5.58. The van der Waals surface area contributed by atoms with E-state index in [9.17, 15) is 18.8 Å². The number of hydrogen-bond donors (Lipinski definition) is 3. The van der Waals surface area contributed by atoms with Gasteiger partial charge in [0.15, 0.2) is 0 Å². The molecule has 2 amide bonds. The number of aryl methyl sites for hydroxylation is 1. The normalized spacial score (nSPS) is 17.6. The lowest BCUT2D eigenvalue weighted by molar-refractivity contribution is -0.117. The molecule has 0 unspecified atom stereocenters. The van der Waals surface area contributed by atoms with Crippen molar-refractivity contribution in [2.45, 2.75) is 51.5 Å². The van der Waals surface area contributed by atoms with E-state index in [1.807, 2.05) is 12.2 Å². The summed E-state index contributed by atoms with van der Waals surface area (Å²) in [4.78, 5) is 42.1. The van der Waals surface area contributed by atoms with Gasteiger partial charge in [-0.3, -0.25) is 14.4 Å². The van der Waals surface area contributed by atoms with Crippen LogP contribution in [0.4, 0.5) is 10.1 Å². The maximum absolute atomic E-state index is 13.7. The molecule has 200 valence electrons. The van der Waals surface area contributed by atoms with Crippen LogP contribution in [0, 0.1) is 19.7 Å². The summed E-state index contributed by atoms with van der Waals surface area (Å²) < 4.78 is 15.3. The molecule has 2 fully saturated rings. The number of nitrogens with zero attached hydrogens (tertiary/aromatic N) is 3. The van der Waals surface area contributed by atoms with E-state index in [1.165, 1.54) is 12.1 Å². The molecule has 5 rings (SSSR count). The second-order valence-electron chi connectivity index (χ2n) is 10.3. The Morgan fingerprint density at radius 2 is 1.84 bits per heavy atom. The Kier molecular flexibility index (Phi) is 7.05. The highest BCUT2D eigenvalue weighted by molar-refractivity contribution is 6.43. The predicted molar refractivity (Wildman–Crippen MR) is 143 cm³/mol. The Hall–Kier alpha value is -3.95. The minimum Gasteiger partial charge on any atom is -0.355 e. The summed E-state index contributed by atoms with van der Waals surface area (Å²) in [5, 5.41) is 10.1. The number of rotatable bonds is 6. The molecule has 1 aromatic heterocycles. The summed E-state index contributed by atoms with van der Waals surface area (Å²) >= 11 is 0. The van der Waals surface area contributed by atoms with Gasteiger partial charge in [0.25, 0.3) is 17.6 Å². The highest BCUT2D eigenvalue weighted by Crippen LogP contribution is 2.45. The molecule has 2 aliphatic heterocycles. The number of ketones is 1. The van der Waals surface area contributed by atoms with Gasteiger partial charge in [0.05, 0.1) is 17.8 Å². The number of anilines is 1. The van der Waals surface area contributed by atoms with Crippen molar-refractivity contribution in [3.05, 3.63) is 64.2 Å². The Morgan fingerprint density at radius 1 is 1.11 bits per heavy atom. The van der Waals surface area contributed by atoms with Crippen molar-refractivity contribution in [1.82, 2.24) is 20.2 Å². The summed E-state index contributed by atoms with van der Waals surface area (Å²) in [5.74, 6) is -1.06. The third-order valence-electron chi connectivity index (χ3n) is 7.60. The van der Waals surface area contributed by atoms with E-state index in [2.05, 4.69) is 26.1 Å². The molecule has 38 heavy (non-hydrogen) atoms. The second kappa shape index (κ2) is 10.4. The number of halogens is 1. The van der Waals surface area contributed by atoms with Crippen LogP contribution in [0.25, 0.3) is 0 Å². The number of benzene rings is 1. The zero-order valence-corrected chi connectivity index (χ0v) is 21.9. The van der Waals surface area contributed by atoms with Gasteiger partial charge in [0, 0.05) is 37.6 Å². The van der Waals surface area contributed by atoms with Crippen molar-refractivity contribution in [2.75, 3.05) is 25.0 Å². The van der Waals surface area contributed by atoms with E-state index in [0.29, 0.717) is 40.9 Å². The standard InChI is InChI=1S/C28H33FN6O3/c1-16-15-20(8-9-21(16)29)32-27(37)23-17(2)34(3)25(24(23)18-6-7-18)26(36)28(38)31-19-10-13-35(14-11-19)22-5-4-12-30-33-22/h4-5,8-9,15,18-19,30H,6-7,10-14H2,1-3H3,(H,31,38)(H,32,37). The molecule has 9 nitrogen and oxygen atoms in total. The molecule has 3 N–H and O–H groups in total. The van der Waals surface area contributed by atoms with E-state index < -0.39 is 11.7 Å². The van der Waals surface area contributed by atoms with E-state index in [1.54, 1.807) is 31.5 Å². The number of hydrazone groups is 1. The van der Waals surface area contributed by atoms with Gasteiger partial charge in [0.1, 0.15) is 11.7 Å². The number of carbonyl (C=O) groups excluding carboxylic acids is 3. The SMILES string of the molecule is Cc1cc(NC(=O)c2c(C3CC3)c(C(=O)C(=O)NC3CCN(C4=NNCC=C4)CC3)n(C)c2C)ccc1F. The maximum atomic E-state index is 13.7. The molecule has 3 aliphatic rings. The van der Waals surface area contributed by atoms with Crippen LogP contribution in [0.1, 0.15) is 69.3 Å². The maximum Gasteiger partial charge on any atom is 0.294 e. The van der Waals surface area contributed by atoms with Crippen LogP contribution in [0.2, 0.25) is 0 Å². The van der Waals surface area contributed by atoms with Crippen LogP contribution in [0.3, 0.4) is 0 Å². The fourth-order valence-electron chi connectivity index (χ4n) is 5.24. The first-order chi connectivity index (χ1) is 18.2. The molecule has 0 bridgehead atoms. The van der Waals surface area contributed by atoms with Crippen molar-refractivity contribution in [1.29, 1.82) is 0 Å². The minimum atomic E-state index is -0.649. The zero-order chi connectivity index (χ0) is 27.0. The molecular formula is C28H33FN6O3. The molecule has 3 heterocycles. The zero-order valence-electron chi connectivity index (χ0n) is 21.9. The molecule has 1 aromatic carbocycles. The summed E-state index contributed by atoms with van der Waals surface area (Å²) in [6, 6.07) is 4.28. The Bertz CT molecular complexity index is 1350. The van der Waals surface area contributed by atoms with Gasteiger partial charge < -0.3 is 25.5 Å². The van der Waals surface area contributed by atoms with Crippen molar-refractivity contribution in [2.24, 2.45) is 12.1 Å². The summed E-state index contributed by atoms with van der Waals surface area (Å²) in [7, 11) is 1.71. The van der Waals surface area contributed by atoms with Crippen molar-refractivity contribution in [3.63, 3.8) is 0 Å². The van der Waals surface area contributed by atoms with Gasteiger partial charge in [-0.15, -0.1) is 0 Å². The third kappa shape index (κ3) is 5.07. The smallest absolute Gasteiger partial charge is 0.294 e. The number of aromatic nitrogens is 1. The molecule has 0 spiro atoms. The van der Waals surface area contributed by atoms with Crippen LogP contribution >= 0.6 is 0 Å². The monoisotopic (exact) mass is 520 g/mol. The van der Waals surface area contributed by atoms with Gasteiger partial charge in [-0.1, -0.05) is 6.08 Å². The molecular weight excluding hydrogens is 487 g/mol. The fourth-order valence-corrected chi connectivity index (χ4v) is 5.24. The average Bonchev–Trinajstić information content (AvgIpc) is 3.72. The lowest BCUT2D eigenvalue weighted by atomic mass is 10.00. The quantitative estimate of drug-likeness (QED) is 0.401. The number of nitrogens with one attached hydrogen (secondary N) is 3. The lowest BCUT2D eigenvalue weighted by Gasteiger charge is -2.34. The summed E-state index contributed by atoms with van der Waals surface area (Å²) in [5.41, 5.74) is 5.79. The number of hydrogen-bond acceptors (Lipinski definition) is 6. The largest absolute Gasteiger partial charge is 0.355 e. The lowest BCUT2D eigenvalue weighted by Crippen LogP contribution is -2.48. The predicted octanol–water partition coefficient (Wildman–Crippen LogP) is 3.15. The summed E-state index contributed by atoms with van der Waals surface area (Å²) in [6.07, 6.45) is 7.13. The highest BCUT2D eigenvalue weighted by atomic mass is 19.1. The van der Waals surface area contributed by atoms with E-state index in [-0.39, 0.29) is 29.4 Å². The number of carbonyl (C=O) groups is 3. The van der Waals surface area contributed by atoms with Gasteiger partial charge in [-0.25, -0.2) is 4.39 Å². The van der Waals surface area contributed by atoms with Crippen molar-refractivity contribution in [3.8, 4) is 0 Å². The van der Waals surface area contributed by atoms with Gasteiger partial charge in [0.2, 0.25) is 0 Å². The molecule has 1 aliphatic carbocycles. The van der Waals surface area contributed by atoms with Crippen molar-refractivity contribution >= 4 is 29.1 Å². The van der Waals surface area contributed by atoms with E-state index in [0.717, 1.165) is 38.3 Å². The van der Waals surface area contributed by atoms with E-state index >= 15 is 0 Å². The highest BCUT2D eigenvalue weighted by Gasteiger charge is 2.39. The minimum absolute atomic E-state index is 0.0542. The first kappa shape index (κ1) is 25.7. The molecule has 10 heteroatoms. The molecule has 0 atom stereocenters. The first-order valence-corrected chi connectivity index (χ1v) is 13.1. The van der Waals surface area contributed by atoms with Crippen LogP contribution in [-0.4, -0.2) is 58.6 Å². The Morgan fingerprint density at radius 3 is 2.47 bits per heavy atom. The second-order valence-corrected chi connectivity index (χ2v) is 10.3. The number of likely N-dealkylation sites (tertiary alicyclic amines) is 1. The molecule has 2 aromatic rings. The number of piperidine rings is 1. The van der Waals surface area contributed by atoms with Gasteiger partial charge in [-0.05, 0) is 80.9 Å². The topological polar surface area (TPSA) is 108 Å². The van der Waals surface area contributed by atoms with Crippen LogP contribution in [0.15, 0.2) is 35.5 Å². The number of amidine groups is 1. The molecule has 1 saturated heterocycles. The van der Waals surface area contributed by atoms with Gasteiger partial charge in [-0.2, -0.15) is 5.10 Å². The Balaban J connectivity index is 1.31. The van der Waals surface area contributed by atoms with Crippen LogP contribution < -0.4 is 16.1 Å². The number of Topliss-reactive ketones (excluding diaryl/α,β-unsaturated/α-hetero) is 1. The molecule has 0 radical (unpaired) electrons. The van der Waals surface area contributed by atoms with Gasteiger partial charge >= 0.3 is 0 Å². The Labute approximate surface area is 221 Å². The van der Waals surface area contributed by atoms with Crippen LogP contribution in [0.5, 0.6) is 0 Å². The molecule has 1 saturated carbocycles. The van der Waals surface area contributed by atoms with Crippen molar-refractivity contribution < 1.29 is 18.8 Å².